The number of esters is 1. The normalized spacial score (nSPS) is 20.3. The van der Waals surface area contributed by atoms with E-state index in [1.807, 2.05) is 48.5 Å². The van der Waals surface area contributed by atoms with Crippen LogP contribution in [0.3, 0.4) is 0 Å². The Morgan fingerprint density at radius 3 is 2.63 bits per heavy atom. The topological polar surface area (TPSA) is 96.0 Å². The third-order valence-electron chi connectivity index (χ3n) is 6.78. The molecule has 3 heterocycles. The monoisotopic (exact) mass is 473 g/mol. The zero-order valence-corrected chi connectivity index (χ0v) is 19.4. The van der Waals surface area contributed by atoms with E-state index >= 15 is 0 Å². The molecule has 3 amide bonds. The molecule has 3 aliphatic rings. The number of carbonyl (C=O) groups excluding carboxylic acids is 4. The molecule has 1 saturated heterocycles. The van der Waals surface area contributed by atoms with E-state index < -0.39 is 11.9 Å². The lowest BCUT2D eigenvalue weighted by Gasteiger charge is -2.29. The lowest BCUT2D eigenvalue weighted by atomic mass is 9.96. The molecule has 3 aliphatic heterocycles. The fourth-order valence-corrected chi connectivity index (χ4v) is 4.86. The van der Waals surface area contributed by atoms with Crippen molar-refractivity contribution in [1.29, 1.82) is 0 Å². The second-order valence-electron chi connectivity index (χ2n) is 9.13. The first-order chi connectivity index (χ1) is 17.0. The van der Waals surface area contributed by atoms with E-state index in [4.69, 9.17) is 4.74 Å². The number of benzene rings is 2. The number of nitrogens with one attached hydrogen (secondary N) is 1. The van der Waals surface area contributed by atoms with E-state index in [9.17, 15) is 19.2 Å². The minimum absolute atomic E-state index is 0.168. The van der Waals surface area contributed by atoms with Gasteiger partial charge in [-0.3, -0.25) is 29.4 Å². The lowest BCUT2D eigenvalue weighted by Crippen LogP contribution is -2.52. The second kappa shape index (κ2) is 9.84. The zero-order chi connectivity index (χ0) is 24.4. The van der Waals surface area contributed by atoms with E-state index in [2.05, 4.69) is 16.3 Å². The number of ether oxygens (including phenoxy) is 1. The summed E-state index contributed by atoms with van der Waals surface area (Å²) in [6.07, 6.45) is 3.50. The summed E-state index contributed by atoms with van der Waals surface area (Å²) in [6, 6.07) is 14.8. The van der Waals surface area contributed by atoms with Gasteiger partial charge in [0.05, 0.1) is 6.54 Å². The Morgan fingerprint density at radius 1 is 1.06 bits per heavy atom. The summed E-state index contributed by atoms with van der Waals surface area (Å²) in [4.78, 5) is 52.4. The highest BCUT2D eigenvalue weighted by Gasteiger charge is 2.39. The molecule has 8 nitrogen and oxygen atoms in total. The smallest absolute Gasteiger partial charge is 0.320 e. The Morgan fingerprint density at radius 2 is 1.89 bits per heavy atom. The predicted molar refractivity (Wildman–Crippen MR) is 128 cm³/mol. The summed E-state index contributed by atoms with van der Waals surface area (Å²) < 4.78 is 5.39. The Labute approximate surface area is 203 Å². The molecular formula is C27H27N3O5. The molecule has 35 heavy (non-hydrogen) atoms. The van der Waals surface area contributed by atoms with Gasteiger partial charge in [0.1, 0.15) is 12.6 Å². The third kappa shape index (κ3) is 5.02. The maximum absolute atomic E-state index is 12.9. The number of hydrogen-bond acceptors (Lipinski definition) is 6. The standard InChI is InChI=1S/C27H27N3O5/c31-24-9-8-23(26(33)28-24)30-15-21-14-20(6-7-22(21)27(30)34)19-10-12-29(13-11-19)16-25(32)35-17-18-4-2-1-3-5-18/h1-7,10,14,23H,8-9,11-13,15-17H2,(H,28,31,33). The first-order valence-corrected chi connectivity index (χ1v) is 11.9. The summed E-state index contributed by atoms with van der Waals surface area (Å²) in [5.74, 6) is -1.10. The van der Waals surface area contributed by atoms with Gasteiger partial charge in [0.25, 0.3) is 5.91 Å². The predicted octanol–water partition coefficient (Wildman–Crippen LogP) is 2.28. The maximum Gasteiger partial charge on any atom is 0.320 e. The molecular weight excluding hydrogens is 446 g/mol. The fraction of sp³-hybridized carbons (Fsp3) is 0.333. The fourth-order valence-electron chi connectivity index (χ4n) is 4.86. The van der Waals surface area contributed by atoms with Crippen molar-refractivity contribution in [1.82, 2.24) is 15.1 Å². The van der Waals surface area contributed by atoms with Crippen molar-refractivity contribution >= 4 is 29.3 Å². The molecule has 0 spiro atoms. The van der Waals surface area contributed by atoms with Crippen molar-refractivity contribution < 1.29 is 23.9 Å². The number of hydrogen-bond donors (Lipinski definition) is 1. The molecule has 0 saturated carbocycles. The molecule has 0 aromatic heterocycles. The van der Waals surface area contributed by atoms with Crippen LogP contribution in [-0.2, 0) is 32.3 Å². The van der Waals surface area contributed by atoms with Crippen molar-refractivity contribution in [2.45, 2.75) is 38.5 Å². The van der Waals surface area contributed by atoms with E-state index in [0.717, 1.165) is 29.7 Å². The number of fused-ring (bicyclic) bond motifs is 1. The average Bonchev–Trinajstić information content (AvgIpc) is 3.19. The number of carbonyl (C=O) groups is 4. The molecule has 1 unspecified atom stereocenters. The van der Waals surface area contributed by atoms with Gasteiger partial charge in [0.15, 0.2) is 0 Å². The number of imide groups is 1. The van der Waals surface area contributed by atoms with E-state index in [1.54, 1.807) is 4.90 Å². The molecule has 2 aromatic carbocycles. The molecule has 0 bridgehead atoms. The molecule has 0 radical (unpaired) electrons. The van der Waals surface area contributed by atoms with E-state index in [-0.39, 0.29) is 37.4 Å². The molecule has 5 rings (SSSR count). The Hall–Kier alpha value is -3.78. The van der Waals surface area contributed by atoms with Crippen LogP contribution in [0.4, 0.5) is 0 Å². The number of amides is 3. The average molecular weight is 474 g/mol. The van der Waals surface area contributed by atoms with Crippen LogP contribution in [0.5, 0.6) is 0 Å². The Balaban J connectivity index is 1.18. The van der Waals surface area contributed by atoms with Crippen molar-refractivity contribution in [3.8, 4) is 0 Å². The SMILES string of the molecule is O=C1CCC(N2Cc3cc(C4=CCN(CC(=O)OCc5ccccc5)CC4)ccc3C2=O)C(=O)N1. The summed E-state index contributed by atoms with van der Waals surface area (Å²) in [6.45, 7) is 2.27. The Kier molecular flexibility index (Phi) is 6.46. The molecule has 0 aliphatic carbocycles. The summed E-state index contributed by atoms with van der Waals surface area (Å²) in [5.41, 5.74) is 4.69. The van der Waals surface area contributed by atoms with Gasteiger partial charge in [-0.25, -0.2) is 0 Å². The van der Waals surface area contributed by atoms with Crippen LogP contribution in [0.1, 0.15) is 46.3 Å². The van der Waals surface area contributed by atoms with Crippen molar-refractivity contribution in [2.24, 2.45) is 0 Å². The molecule has 1 atom stereocenters. The summed E-state index contributed by atoms with van der Waals surface area (Å²) in [5, 5.41) is 2.33. The molecule has 1 N–H and O–H groups in total. The van der Waals surface area contributed by atoms with Crippen molar-refractivity contribution in [3.63, 3.8) is 0 Å². The zero-order valence-electron chi connectivity index (χ0n) is 19.4. The van der Waals surface area contributed by atoms with Crippen LogP contribution in [0.2, 0.25) is 0 Å². The van der Waals surface area contributed by atoms with Gasteiger partial charge in [-0.2, -0.15) is 0 Å². The van der Waals surface area contributed by atoms with E-state index in [1.165, 1.54) is 5.57 Å². The van der Waals surface area contributed by atoms with Gasteiger partial charge in [-0.05, 0) is 47.2 Å². The molecule has 2 aromatic rings. The highest BCUT2D eigenvalue weighted by Crippen LogP contribution is 2.31. The number of nitrogens with zero attached hydrogens (tertiary/aromatic N) is 2. The molecule has 8 heteroatoms. The minimum Gasteiger partial charge on any atom is -0.460 e. The van der Waals surface area contributed by atoms with Crippen LogP contribution in [-0.4, -0.2) is 59.2 Å². The summed E-state index contributed by atoms with van der Waals surface area (Å²) >= 11 is 0. The van der Waals surface area contributed by atoms with Gasteiger partial charge in [0, 0.05) is 31.6 Å². The second-order valence-corrected chi connectivity index (χ2v) is 9.13. The van der Waals surface area contributed by atoms with Gasteiger partial charge >= 0.3 is 5.97 Å². The number of rotatable bonds is 6. The van der Waals surface area contributed by atoms with Crippen LogP contribution in [0.15, 0.2) is 54.6 Å². The minimum atomic E-state index is -0.611. The maximum atomic E-state index is 12.9. The van der Waals surface area contributed by atoms with Gasteiger partial charge in [0.2, 0.25) is 11.8 Å². The van der Waals surface area contributed by atoms with Crippen LogP contribution in [0, 0.1) is 0 Å². The molecule has 1 fully saturated rings. The van der Waals surface area contributed by atoms with Crippen molar-refractivity contribution in [2.75, 3.05) is 19.6 Å². The highest BCUT2D eigenvalue weighted by molar-refractivity contribution is 6.05. The number of piperidine rings is 1. The Bertz CT molecular complexity index is 1210. The molecule has 180 valence electrons. The van der Waals surface area contributed by atoms with Crippen LogP contribution in [0.25, 0.3) is 5.57 Å². The first kappa shape index (κ1) is 23.0. The third-order valence-corrected chi connectivity index (χ3v) is 6.78. The largest absolute Gasteiger partial charge is 0.460 e. The first-order valence-electron chi connectivity index (χ1n) is 11.9. The lowest BCUT2D eigenvalue weighted by molar-refractivity contribution is -0.146. The van der Waals surface area contributed by atoms with Gasteiger partial charge < -0.3 is 9.64 Å². The quantitative estimate of drug-likeness (QED) is 0.511. The highest BCUT2D eigenvalue weighted by atomic mass is 16.5. The van der Waals surface area contributed by atoms with Crippen LogP contribution >= 0.6 is 0 Å². The van der Waals surface area contributed by atoms with Crippen molar-refractivity contribution in [3.05, 3.63) is 76.9 Å². The van der Waals surface area contributed by atoms with Gasteiger partial charge in [-0.15, -0.1) is 0 Å². The van der Waals surface area contributed by atoms with E-state index in [0.29, 0.717) is 25.1 Å². The van der Waals surface area contributed by atoms with Gasteiger partial charge in [-0.1, -0.05) is 42.5 Å². The van der Waals surface area contributed by atoms with Crippen LogP contribution < -0.4 is 5.32 Å². The summed E-state index contributed by atoms with van der Waals surface area (Å²) in [7, 11) is 0.